The number of fused-ring (bicyclic) bond motifs is 1. The van der Waals surface area contributed by atoms with Crippen molar-refractivity contribution in [3.63, 3.8) is 0 Å². The number of carbonyl (C=O) groups is 1. The molecule has 9 heteroatoms. The van der Waals surface area contributed by atoms with Crippen LogP contribution in [-0.2, 0) is 21.4 Å². The van der Waals surface area contributed by atoms with E-state index < -0.39 is 16.1 Å². The Balaban J connectivity index is 1.54. The van der Waals surface area contributed by atoms with Gasteiger partial charge >= 0.3 is 0 Å². The van der Waals surface area contributed by atoms with E-state index in [1.807, 2.05) is 18.2 Å². The molecule has 3 rings (SSSR count). The van der Waals surface area contributed by atoms with Crippen LogP contribution in [0.25, 0.3) is 0 Å². The van der Waals surface area contributed by atoms with Gasteiger partial charge in [-0.3, -0.25) is 4.79 Å². The quantitative estimate of drug-likeness (QED) is 0.695. The summed E-state index contributed by atoms with van der Waals surface area (Å²) < 4.78 is 33.0. The maximum absolute atomic E-state index is 12.2. The van der Waals surface area contributed by atoms with Gasteiger partial charge in [0.1, 0.15) is 0 Å². The number of nitrogens with two attached hydrogens (primary N) is 1. The van der Waals surface area contributed by atoms with Crippen LogP contribution < -0.4 is 25.2 Å². The van der Waals surface area contributed by atoms with Crippen molar-refractivity contribution in [2.45, 2.75) is 24.4 Å². The molecule has 1 heterocycles. The van der Waals surface area contributed by atoms with E-state index in [9.17, 15) is 13.2 Å². The number of sulfonamides is 1. The lowest BCUT2D eigenvalue weighted by molar-refractivity contribution is -0.117. The third-order valence-electron chi connectivity index (χ3n) is 3.89. The van der Waals surface area contributed by atoms with Crippen LogP contribution in [0.2, 0.25) is 0 Å². The highest BCUT2D eigenvalue weighted by molar-refractivity contribution is 7.89. The molecule has 0 aliphatic carbocycles. The van der Waals surface area contributed by atoms with Gasteiger partial charge in [0.05, 0.1) is 10.9 Å². The minimum absolute atomic E-state index is 0.00974. The van der Waals surface area contributed by atoms with Gasteiger partial charge in [-0.15, -0.1) is 0 Å². The molecule has 1 aliphatic rings. The van der Waals surface area contributed by atoms with Crippen molar-refractivity contribution < 1.29 is 22.7 Å². The van der Waals surface area contributed by atoms with Crippen LogP contribution in [0, 0.1) is 0 Å². The fourth-order valence-electron chi connectivity index (χ4n) is 2.39. The van der Waals surface area contributed by atoms with E-state index in [4.69, 9.17) is 14.6 Å². The van der Waals surface area contributed by atoms with Crippen molar-refractivity contribution >= 4 is 21.6 Å². The number of amides is 1. The Morgan fingerprint density at radius 2 is 1.85 bits per heavy atom. The van der Waals surface area contributed by atoms with Crippen molar-refractivity contribution in [3.05, 3.63) is 48.0 Å². The summed E-state index contributed by atoms with van der Waals surface area (Å²) >= 11 is 0. The summed E-state index contributed by atoms with van der Waals surface area (Å²) in [5.74, 6) is 1.16. The van der Waals surface area contributed by atoms with Crippen molar-refractivity contribution in [3.8, 4) is 11.5 Å². The zero-order valence-electron chi connectivity index (χ0n) is 14.1. The summed E-state index contributed by atoms with van der Waals surface area (Å²) in [7, 11) is -3.75. The second kappa shape index (κ2) is 7.32. The predicted molar refractivity (Wildman–Crippen MR) is 95.3 cm³/mol. The van der Waals surface area contributed by atoms with Gasteiger partial charge in [0.25, 0.3) is 0 Å². The fourth-order valence-corrected chi connectivity index (χ4v) is 2.91. The number of hydrogen-bond acceptors (Lipinski definition) is 6. The van der Waals surface area contributed by atoms with Gasteiger partial charge in [-0.1, -0.05) is 6.07 Å². The van der Waals surface area contributed by atoms with Crippen LogP contribution in [0.1, 0.15) is 12.5 Å². The molecule has 26 heavy (non-hydrogen) atoms. The monoisotopic (exact) mass is 377 g/mol. The van der Waals surface area contributed by atoms with E-state index in [0.717, 1.165) is 5.56 Å². The second-order valence-corrected chi connectivity index (χ2v) is 7.41. The van der Waals surface area contributed by atoms with Crippen molar-refractivity contribution in [2.24, 2.45) is 5.14 Å². The van der Waals surface area contributed by atoms with Crippen LogP contribution in [0.3, 0.4) is 0 Å². The molecule has 0 aromatic heterocycles. The zero-order valence-corrected chi connectivity index (χ0v) is 14.9. The van der Waals surface area contributed by atoms with Gasteiger partial charge in [-0.2, -0.15) is 0 Å². The molecule has 0 radical (unpaired) electrons. The smallest absolute Gasteiger partial charge is 0.241 e. The highest BCUT2D eigenvalue weighted by atomic mass is 32.2. The fraction of sp³-hybridized carbons (Fsp3) is 0.235. The second-order valence-electron chi connectivity index (χ2n) is 5.85. The lowest BCUT2D eigenvalue weighted by atomic mass is 10.2. The molecule has 0 bridgehead atoms. The highest BCUT2D eigenvalue weighted by Crippen LogP contribution is 2.32. The lowest BCUT2D eigenvalue weighted by Crippen LogP contribution is -2.37. The Kier molecular flexibility index (Phi) is 5.12. The summed E-state index contributed by atoms with van der Waals surface area (Å²) in [6.45, 7) is 2.44. The molecule has 1 amide bonds. The Bertz CT molecular complexity index is 912. The molecule has 0 unspecified atom stereocenters. The van der Waals surface area contributed by atoms with E-state index >= 15 is 0 Å². The Hall–Kier alpha value is -2.62. The first-order valence-electron chi connectivity index (χ1n) is 7.88. The number of carbonyl (C=O) groups excluding carboxylic acids is 1. The molecule has 0 saturated carbocycles. The largest absolute Gasteiger partial charge is 0.454 e. The number of nitrogens with one attached hydrogen (secondary N) is 2. The summed E-state index contributed by atoms with van der Waals surface area (Å²) in [4.78, 5) is 12.2. The number of hydrogen-bond donors (Lipinski definition) is 3. The molecular weight excluding hydrogens is 358 g/mol. The van der Waals surface area contributed by atoms with Gasteiger partial charge in [0.2, 0.25) is 22.7 Å². The summed E-state index contributed by atoms with van der Waals surface area (Å²) in [5.41, 5.74) is 1.45. The zero-order chi connectivity index (χ0) is 18.7. The summed E-state index contributed by atoms with van der Waals surface area (Å²) in [5, 5.41) is 10.9. The Morgan fingerprint density at radius 1 is 1.15 bits per heavy atom. The maximum Gasteiger partial charge on any atom is 0.241 e. The normalized spacial score (nSPS) is 14.1. The summed E-state index contributed by atoms with van der Waals surface area (Å²) in [6.07, 6.45) is 0. The predicted octanol–water partition coefficient (Wildman–Crippen LogP) is 1.18. The van der Waals surface area contributed by atoms with Gasteiger partial charge in [-0.05, 0) is 48.9 Å². The molecule has 2 aromatic carbocycles. The molecule has 2 aromatic rings. The van der Waals surface area contributed by atoms with Gasteiger partial charge in [0, 0.05) is 12.2 Å². The molecule has 0 fully saturated rings. The van der Waals surface area contributed by atoms with Crippen molar-refractivity contribution in [1.29, 1.82) is 0 Å². The van der Waals surface area contributed by atoms with Crippen LogP contribution in [0.5, 0.6) is 11.5 Å². The van der Waals surface area contributed by atoms with E-state index in [-0.39, 0.29) is 17.6 Å². The molecule has 138 valence electrons. The van der Waals surface area contributed by atoms with Gasteiger partial charge in [0.15, 0.2) is 11.5 Å². The van der Waals surface area contributed by atoms with E-state index in [1.165, 1.54) is 24.3 Å². The van der Waals surface area contributed by atoms with E-state index in [2.05, 4.69) is 10.6 Å². The molecule has 0 saturated heterocycles. The molecule has 8 nitrogen and oxygen atoms in total. The van der Waals surface area contributed by atoms with Gasteiger partial charge in [-0.25, -0.2) is 13.6 Å². The topological polar surface area (TPSA) is 120 Å². The minimum Gasteiger partial charge on any atom is -0.454 e. The van der Waals surface area contributed by atoms with E-state index in [1.54, 1.807) is 6.92 Å². The Morgan fingerprint density at radius 3 is 2.54 bits per heavy atom. The van der Waals surface area contributed by atoms with Gasteiger partial charge < -0.3 is 20.1 Å². The number of rotatable bonds is 6. The number of benzene rings is 2. The number of ether oxygens (including phenoxy) is 2. The van der Waals surface area contributed by atoms with Crippen LogP contribution >= 0.6 is 0 Å². The number of anilines is 1. The molecule has 1 atom stereocenters. The number of primary sulfonamides is 1. The van der Waals surface area contributed by atoms with Crippen molar-refractivity contribution in [1.82, 2.24) is 5.32 Å². The first kappa shape index (κ1) is 18.2. The average molecular weight is 377 g/mol. The SMILES string of the molecule is C[C@@H](NCc1ccc2c(c1)OCO2)C(=O)Nc1ccc(S(N)(=O)=O)cc1. The molecule has 1 aliphatic heterocycles. The lowest BCUT2D eigenvalue weighted by Gasteiger charge is -2.14. The third-order valence-corrected chi connectivity index (χ3v) is 4.82. The minimum atomic E-state index is -3.75. The first-order valence-corrected chi connectivity index (χ1v) is 9.43. The van der Waals surface area contributed by atoms with E-state index in [0.29, 0.717) is 23.7 Å². The standard InChI is InChI=1S/C17H19N3O5S/c1-11(19-9-12-2-7-15-16(8-12)25-10-24-15)17(21)20-13-3-5-14(6-4-13)26(18,22)23/h2-8,11,19H,9-10H2,1H3,(H,20,21)(H2,18,22,23)/t11-/m1/s1. The van der Waals surface area contributed by atoms with Crippen LogP contribution in [0.4, 0.5) is 5.69 Å². The Labute approximate surface area is 151 Å². The van der Waals surface area contributed by atoms with Crippen molar-refractivity contribution in [2.75, 3.05) is 12.1 Å². The molecule has 0 spiro atoms. The van der Waals surface area contributed by atoms with Crippen LogP contribution in [0.15, 0.2) is 47.4 Å². The average Bonchev–Trinajstić information content (AvgIpc) is 3.07. The maximum atomic E-state index is 12.2. The molecule has 4 N–H and O–H groups in total. The van der Waals surface area contributed by atoms with Crippen LogP contribution in [-0.4, -0.2) is 27.2 Å². The summed E-state index contributed by atoms with van der Waals surface area (Å²) in [6, 6.07) is 10.8. The highest BCUT2D eigenvalue weighted by Gasteiger charge is 2.16. The third kappa shape index (κ3) is 4.31. The first-order chi connectivity index (χ1) is 12.3. The molecular formula is C17H19N3O5S.